The molecule has 0 atom stereocenters. The molecule has 1 aromatic carbocycles. The molecule has 186 valence electrons. The Kier molecular flexibility index (Phi) is 11.4. The Balaban J connectivity index is 0.000000393. The molecule has 0 N–H and O–H groups in total. The highest BCUT2D eigenvalue weighted by Gasteiger charge is 2.34. The molecular formula is C28H50O3S. The fourth-order valence-electron chi connectivity index (χ4n) is 4.76. The van der Waals surface area contributed by atoms with Crippen molar-refractivity contribution < 1.29 is 12.6 Å². The summed E-state index contributed by atoms with van der Waals surface area (Å²) in [7, 11) is -3.64. The minimum atomic E-state index is -3.64. The number of aryl methyl sites for hydroxylation is 1. The Labute approximate surface area is 199 Å². The Morgan fingerprint density at radius 2 is 1.34 bits per heavy atom. The van der Waals surface area contributed by atoms with Crippen LogP contribution < -0.4 is 0 Å². The van der Waals surface area contributed by atoms with E-state index >= 15 is 0 Å². The van der Waals surface area contributed by atoms with Crippen molar-refractivity contribution in [1.82, 2.24) is 0 Å². The first kappa shape index (κ1) is 29.2. The Morgan fingerprint density at radius 3 is 1.78 bits per heavy atom. The van der Waals surface area contributed by atoms with Crippen LogP contribution in [0.25, 0.3) is 0 Å². The summed E-state index contributed by atoms with van der Waals surface area (Å²) in [6.07, 6.45) is 12.7. The van der Waals surface area contributed by atoms with Crippen molar-refractivity contribution in [3.63, 3.8) is 0 Å². The molecule has 0 aromatic heterocycles. The van der Waals surface area contributed by atoms with Crippen molar-refractivity contribution in [2.75, 3.05) is 6.61 Å². The van der Waals surface area contributed by atoms with Crippen molar-refractivity contribution in [3.8, 4) is 0 Å². The SMILES string of the molecule is C.CCC1(C)CCC(C)CC1.CCC1(COS(=O)(=O)c2ccc(C)cc2)CCC(C)CC1. The van der Waals surface area contributed by atoms with Gasteiger partial charge in [-0.15, -0.1) is 0 Å². The largest absolute Gasteiger partial charge is 0.296 e. The highest BCUT2D eigenvalue weighted by atomic mass is 32.2. The molecule has 0 radical (unpaired) electrons. The summed E-state index contributed by atoms with van der Waals surface area (Å²) in [6, 6.07) is 6.83. The lowest BCUT2D eigenvalue weighted by atomic mass is 9.70. The van der Waals surface area contributed by atoms with Crippen LogP contribution in [0.1, 0.15) is 112 Å². The summed E-state index contributed by atoms with van der Waals surface area (Å²) < 4.78 is 30.0. The summed E-state index contributed by atoms with van der Waals surface area (Å²) in [5.74, 6) is 1.75. The highest BCUT2D eigenvalue weighted by molar-refractivity contribution is 7.86. The van der Waals surface area contributed by atoms with Gasteiger partial charge in [-0.05, 0) is 73.8 Å². The van der Waals surface area contributed by atoms with E-state index in [1.54, 1.807) is 24.3 Å². The number of benzene rings is 1. The molecule has 3 nitrogen and oxygen atoms in total. The Hall–Kier alpha value is -0.870. The molecular weight excluding hydrogens is 416 g/mol. The third-order valence-electron chi connectivity index (χ3n) is 8.25. The maximum Gasteiger partial charge on any atom is 0.296 e. The van der Waals surface area contributed by atoms with Gasteiger partial charge in [0.15, 0.2) is 0 Å². The molecule has 2 aliphatic rings. The zero-order chi connectivity index (χ0) is 23.1. The second-order valence-corrected chi connectivity index (χ2v) is 12.5. The van der Waals surface area contributed by atoms with Crippen molar-refractivity contribution in [3.05, 3.63) is 29.8 Å². The first-order valence-electron chi connectivity index (χ1n) is 12.5. The van der Waals surface area contributed by atoms with Gasteiger partial charge in [0, 0.05) is 0 Å². The molecule has 32 heavy (non-hydrogen) atoms. The van der Waals surface area contributed by atoms with Gasteiger partial charge in [0.05, 0.1) is 11.5 Å². The molecule has 4 heteroatoms. The van der Waals surface area contributed by atoms with E-state index in [0.29, 0.717) is 12.0 Å². The van der Waals surface area contributed by atoms with Crippen LogP contribution in [0.5, 0.6) is 0 Å². The maximum absolute atomic E-state index is 12.3. The van der Waals surface area contributed by atoms with E-state index in [4.69, 9.17) is 4.18 Å². The molecule has 0 bridgehead atoms. The topological polar surface area (TPSA) is 43.4 Å². The van der Waals surface area contributed by atoms with Crippen molar-refractivity contribution in [2.24, 2.45) is 22.7 Å². The minimum absolute atomic E-state index is 0. The van der Waals surface area contributed by atoms with Crippen LogP contribution in [-0.4, -0.2) is 15.0 Å². The molecule has 0 unspecified atom stereocenters. The summed E-state index contributed by atoms with van der Waals surface area (Å²) in [4.78, 5) is 0.253. The van der Waals surface area contributed by atoms with E-state index < -0.39 is 10.1 Å². The molecule has 0 spiro atoms. The van der Waals surface area contributed by atoms with E-state index in [0.717, 1.165) is 36.7 Å². The lowest BCUT2D eigenvalue weighted by Crippen LogP contribution is -2.32. The van der Waals surface area contributed by atoms with Crippen molar-refractivity contribution in [2.45, 2.75) is 118 Å². The third kappa shape index (κ3) is 8.48. The van der Waals surface area contributed by atoms with Gasteiger partial charge >= 0.3 is 0 Å². The van der Waals surface area contributed by atoms with Crippen LogP contribution in [0.15, 0.2) is 29.2 Å². The maximum atomic E-state index is 12.3. The minimum Gasteiger partial charge on any atom is -0.266 e. The fourth-order valence-corrected chi connectivity index (χ4v) is 5.77. The van der Waals surface area contributed by atoms with Gasteiger partial charge in [0.2, 0.25) is 0 Å². The van der Waals surface area contributed by atoms with Gasteiger partial charge in [-0.25, -0.2) is 0 Å². The molecule has 2 saturated carbocycles. The van der Waals surface area contributed by atoms with Crippen LogP contribution in [0.2, 0.25) is 0 Å². The van der Waals surface area contributed by atoms with Gasteiger partial charge < -0.3 is 0 Å². The smallest absolute Gasteiger partial charge is 0.266 e. The van der Waals surface area contributed by atoms with E-state index in [9.17, 15) is 8.42 Å². The average Bonchev–Trinajstić information content (AvgIpc) is 2.77. The van der Waals surface area contributed by atoms with Gasteiger partial charge in [-0.3, -0.25) is 4.18 Å². The van der Waals surface area contributed by atoms with Crippen LogP contribution in [0.3, 0.4) is 0 Å². The normalized spacial score (nSPS) is 30.6. The predicted molar refractivity (Wildman–Crippen MR) is 137 cm³/mol. The molecule has 2 aliphatic carbocycles. The summed E-state index contributed by atoms with van der Waals surface area (Å²) in [5.41, 5.74) is 1.77. The van der Waals surface area contributed by atoms with Crippen LogP contribution >= 0.6 is 0 Å². The standard InChI is InChI=1S/C17H26O3S.C10H20.CH4/c1-4-17(11-9-15(3)10-12-17)13-20-21(18,19)16-7-5-14(2)6-8-16;1-4-10(3)7-5-9(2)6-8-10;/h5-8,15H,4,9-13H2,1-3H3;9H,4-8H2,1-3H3;1H4. The molecule has 0 heterocycles. The quantitative estimate of drug-likeness (QED) is 0.394. The molecule has 0 amide bonds. The predicted octanol–water partition coefficient (Wildman–Crippen LogP) is 8.56. The van der Waals surface area contributed by atoms with Gasteiger partial charge in [-0.2, -0.15) is 8.42 Å². The van der Waals surface area contributed by atoms with Gasteiger partial charge in [0.1, 0.15) is 0 Å². The lowest BCUT2D eigenvalue weighted by Gasteiger charge is -2.38. The van der Waals surface area contributed by atoms with E-state index in [1.807, 2.05) is 6.92 Å². The van der Waals surface area contributed by atoms with Crippen molar-refractivity contribution in [1.29, 1.82) is 0 Å². The van der Waals surface area contributed by atoms with Crippen molar-refractivity contribution >= 4 is 10.1 Å². The van der Waals surface area contributed by atoms with Gasteiger partial charge in [-0.1, -0.05) is 91.8 Å². The van der Waals surface area contributed by atoms with E-state index in [-0.39, 0.29) is 17.7 Å². The van der Waals surface area contributed by atoms with Gasteiger partial charge in [0.25, 0.3) is 10.1 Å². The van der Waals surface area contributed by atoms with Crippen LogP contribution in [0.4, 0.5) is 0 Å². The number of hydrogen-bond donors (Lipinski definition) is 0. The zero-order valence-corrected chi connectivity index (χ0v) is 21.7. The third-order valence-corrected chi connectivity index (χ3v) is 9.53. The number of rotatable bonds is 6. The monoisotopic (exact) mass is 466 g/mol. The first-order chi connectivity index (χ1) is 14.5. The molecule has 0 saturated heterocycles. The Morgan fingerprint density at radius 1 is 0.875 bits per heavy atom. The molecule has 1 aromatic rings. The molecule has 0 aliphatic heterocycles. The zero-order valence-electron chi connectivity index (χ0n) is 20.9. The summed E-state index contributed by atoms with van der Waals surface area (Å²) in [6.45, 7) is 13.8. The van der Waals surface area contributed by atoms with E-state index in [2.05, 4.69) is 34.6 Å². The highest BCUT2D eigenvalue weighted by Crippen LogP contribution is 2.42. The lowest BCUT2D eigenvalue weighted by molar-refractivity contribution is 0.0796. The average molecular weight is 467 g/mol. The molecule has 2 fully saturated rings. The number of hydrogen-bond acceptors (Lipinski definition) is 3. The summed E-state index contributed by atoms with van der Waals surface area (Å²) in [5, 5.41) is 0. The summed E-state index contributed by atoms with van der Waals surface area (Å²) >= 11 is 0. The molecule has 3 rings (SSSR count). The van der Waals surface area contributed by atoms with Crippen LogP contribution in [-0.2, 0) is 14.3 Å². The Bertz CT molecular complexity index is 750. The second kappa shape index (κ2) is 12.6. The fraction of sp³-hybridized carbons (Fsp3) is 0.786. The second-order valence-electron chi connectivity index (χ2n) is 10.9. The first-order valence-corrected chi connectivity index (χ1v) is 13.9. The van der Waals surface area contributed by atoms with Crippen LogP contribution in [0, 0.1) is 29.6 Å². The van der Waals surface area contributed by atoms with E-state index in [1.165, 1.54) is 44.9 Å².